The first-order valence-corrected chi connectivity index (χ1v) is 7.09. The zero-order valence-electron chi connectivity index (χ0n) is 9.16. The van der Waals surface area contributed by atoms with Crippen LogP contribution in [0.15, 0.2) is 0 Å². The highest BCUT2D eigenvalue weighted by Gasteiger charge is 2.26. The van der Waals surface area contributed by atoms with Crippen LogP contribution in [0, 0.1) is 0 Å². The Kier molecular flexibility index (Phi) is 5.52. The Bertz CT molecular complexity index is 267. The van der Waals surface area contributed by atoms with Gasteiger partial charge >= 0.3 is 0 Å². The standard InChI is InChI=1S/C9H20N2O3S/c1-14-6-5-10-3-4-11-9-2-7-15(12,13)8-9/h9-11H,2-8H2,1H3. The van der Waals surface area contributed by atoms with Gasteiger partial charge in [-0.05, 0) is 6.42 Å². The van der Waals surface area contributed by atoms with Crippen LogP contribution >= 0.6 is 0 Å². The van der Waals surface area contributed by atoms with Crippen molar-refractivity contribution in [3.05, 3.63) is 0 Å². The minimum absolute atomic E-state index is 0.152. The summed E-state index contributed by atoms with van der Waals surface area (Å²) >= 11 is 0. The van der Waals surface area contributed by atoms with E-state index in [0.717, 1.165) is 26.1 Å². The van der Waals surface area contributed by atoms with Gasteiger partial charge in [0, 0.05) is 32.8 Å². The van der Waals surface area contributed by atoms with Crippen molar-refractivity contribution in [2.75, 3.05) is 44.9 Å². The zero-order valence-corrected chi connectivity index (χ0v) is 9.98. The molecule has 1 rings (SSSR count). The summed E-state index contributed by atoms with van der Waals surface area (Å²) in [5.74, 6) is 0.632. The molecule has 15 heavy (non-hydrogen) atoms. The van der Waals surface area contributed by atoms with E-state index in [2.05, 4.69) is 10.6 Å². The summed E-state index contributed by atoms with van der Waals surface area (Å²) in [5.41, 5.74) is 0. The van der Waals surface area contributed by atoms with E-state index in [1.165, 1.54) is 0 Å². The molecule has 2 N–H and O–H groups in total. The molecule has 1 fully saturated rings. The second-order valence-corrected chi connectivity index (χ2v) is 6.03. The average molecular weight is 236 g/mol. The normalized spacial score (nSPS) is 24.5. The van der Waals surface area contributed by atoms with Crippen molar-refractivity contribution in [1.29, 1.82) is 0 Å². The largest absolute Gasteiger partial charge is 0.383 e. The van der Waals surface area contributed by atoms with E-state index in [9.17, 15) is 8.42 Å². The Labute approximate surface area is 91.5 Å². The van der Waals surface area contributed by atoms with E-state index in [1.54, 1.807) is 7.11 Å². The number of methoxy groups -OCH3 is 1. The summed E-state index contributed by atoms with van der Waals surface area (Å²) < 4.78 is 27.2. The zero-order chi connectivity index (χ0) is 11.1. The van der Waals surface area contributed by atoms with Gasteiger partial charge in [0.15, 0.2) is 9.84 Å². The summed E-state index contributed by atoms with van der Waals surface area (Å²) in [6.07, 6.45) is 0.750. The number of hydrogen-bond donors (Lipinski definition) is 2. The smallest absolute Gasteiger partial charge is 0.151 e. The Morgan fingerprint density at radius 1 is 1.33 bits per heavy atom. The Hall–Kier alpha value is -0.170. The Morgan fingerprint density at radius 2 is 2.13 bits per heavy atom. The number of hydrogen-bond acceptors (Lipinski definition) is 5. The van der Waals surface area contributed by atoms with Gasteiger partial charge in [0.25, 0.3) is 0 Å². The van der Waals surface area contributed by atoms with Crippen molar-refractivity contribution in [2.24, 2.45) is 0 Å². The van der Waals surface area contributed by atoms with Crippen LogP contribution in [0.3, 0.4) is 0 Å². The summed E-state index contributed by atoms with van der Waals surface area (Å²) in [6, 6.07) is 0.152. The molecule has 0 saturated carbocycles. The first-order chi connectivity index (χ1) is 7.14. The van der Waals surface area contributed by atoms with E-state index >= 15 is 0 Å². The van der Waals surface area contributed by atoms with E-state index in [0.29, 0.717) is 18.1 Å². The quantitative estimate of drug-likeness (QED) is 0.555. The molecule has 0 radical (unpaired) electrons. The number of nitrogens with one attached hydrogen (secondary N) is 2. The molecule has 0 bridgehead atoms. The topological polar surface area (TPSA) is 67.4 Å². The van der Waals surface area contributed by atoms with Crippen LogP contribution in [0.25, 0.3) is 0 Å². The second-order valence-electron chi connectivity index (χ2n) is 3.80. The minimum Gasteiger partial charge on any atom is -0.383 e. The van der Waals surface area contributed by atoms with Crippen molar-refractivity contribution >= 4 is 9.84 Å². The van der Waals surface area contributed by atoms with Gasteiger partial charge in [0.05, 0.1) is 18.1 Å². The molecule has 0 aromatic carbocycles. The highest BCUT2D eigenvalue weighted by molar-refractivity contribution is 7.91. The molecule has 0 amide bonds. The molecule has 1 heterocycles. The van der Waals surface area contributed by atoms with Crippen molar-refractivity contribution < 1.29 is 13.2 Å². The molecular weight excluding hydrogens is 216 g/mol. The van der Waals surface area contributed by atoms with Crippen LogP contribution < -0.4 is 10.6 Å². The number of sulfone groups is 1. The predicted octanol–water partition coefficient (Wildman–Crippen LogP) is -1.00. The average Bonchev–Trinajstić information content (AvgIpc) is 2.52. The Morgan fingerprint density at radius 3 is 2.73 bits per heavy atom. The molecule has 1 saturated heterocycles. The third kappa shape index (κ3) is 5.46. The van der Waals surface area contributed by atoms with Gasteiger partial charge in [0.1, 0.15) is 0 Å². The van der Waals surface area contributed by atoms with Crippen molar-refractivity contribution in [3.8, 4) is 0 Å². The fraction of sp³-hybridized carbons (Fsp3) is 1.00. The van der Waals surface area contributed by atoms with E-state index < -0.39 is 9.84 Å². The summed E-state index contributed by atoms with van der Waals surface area (Å²) in [4.78, 5) is 0. The molecule has 0 aliphatic carbocycles. The lowest BCUT2D eigenvalue weighted by atomic mass is 10.3. The molecule has 5 nitrogen and oxygen atoms in total. The third-order valence-corrected chi connectivity index (χ3v) is 4.22. The van der Waals surface area contributed by atoms with E-state index in [-0.39, 0.29) is 6.04 Å². The van der Waals surface area contributed by atoms with Crippen LogP contribution in [-0.2, 0) is 14.6 Å². The number of ether oxygens (including phenoxy) is 1. The van der Waals surface area contributed by atoms with Gasteiger partial charge in [-0.3, -0.25) is 0 Å². The van der Waals surface area contributed by atoms with Gasteiger partial charge in [-0.25, -0.2) is 8.42 Å². The minimum atomic E-state index is -2.75. The molecular formula is C9H20N2O3S. The first kappa shape index (κ1) is 12.9. The molecule has 1 unspecified atom stereocenters. The molecule has 1 atom stereocenters. The monoisotopic (exact) mass is 236 g/mol. The molecule has 0 spiro atoms. The van der Waals surface area contributed by atoms with Gasteiger partial charge in [-0.15, -0.1) is 0 Å². The maximum absolute atomic E-state index is 11.1. The van der Waals surface area contributed by atoms with Crippen LogP contribution in [0.2, 0.25) is 0 Å². The first-order valence-electron chi connectivity index (χ1n) is 5.27. The lowest BCUT2D eigenvalue weighted by Gasteiger charge is -2.10. The van der Waals surface area contributed by atoms with Crippen LogP contribution in [0.5, 0.6) is 0 Å². The van der Waals surface area contributed by atoms with Crippen molar-refractivity contribution in [2.45, 2.75) is 12.5 Å². The lowest BCUT2D eigenvalue weighted by molar-refractivity contribution is 0.199. The van der Waals surface area contributed by atoms with Gasteiger partial charge in [0.2, 0.25) is 0 Å². The van der Waals surface area contributed by atoms with E-state index in [4.69, 9.17) is 4.74 Å². The number of rotatable bonds is 7. The highest BCUT2D eigenvalue weighted by Crippen LogP contribution is 2.10. The SMILES string of the molecule is COCCNCCNC1CCS(=O)(=O)C1. The van der Waals surface area contributed by atoms with Gasteiger partial charge in [-0.2, -0.15) is 0 Å². The van der Waals surface area contributed by atoms with Gasteiger partial charge < -0.3 is 15.4 Å². The van der Waals surface area contributed by atoms with Crippen LogP contribution in [0.1, 0.15) is 6.42 Å². The summed E-state index contributed by atoms with van der Waals surface area (Å²) in [6.45, 7) is 3.20. The summed E-state index contributed by atoms with van der Waals surface area (Å²) in [5, 5.41) is 6.43. The molecule has 1 aliphatic rings. The van der Waals surface area contributed by atoms with Crippen LogP contribution in [-0.4, -0.2) is 59.3 Å². The second kappa shape index (κ2) is 6.42. The predicted molar refractivity (Wildman–Crippen MR) is 59.8 cm³/mol. The molecule has 90 valence electrons. The summed E-state index contributed by atoms with van der Waals surface area (Å²) in [7, 11) is -1.08. The highest BCUT2D eigenvalue weighted by atomic mass is 32.2. The maximum atomic E-state index is 11.1. The fourth-order valence-electron chi connectivity index (χ4n) is 1.62. The van der Waals surface area contributed by atoms with Crippen molar-refractivity contribution in [3.63, 3.8) is 0 Å². The molecule has 0 aromatic heterocycles. The fourth-order valence-corrected chi connectivity index (χ4v) is 3.33. The van der Waals surface area contributed by atoms with Gasteiger partial charge in [-0.1, -0.05) is 0 Å². The molecule has 0 aromatic rings. The van der Waals surface area contributed by atoms with Crippen molar-refractivity contribution in [1.82, 2.24) is 10.6 Å². The lowest BCUT2D eigenvalue weighted by Crippen LogP contribution is -2.36. The maximum Gasteiger partial charge on any atom is 0.151 e. The molecule has 1 aliphatic heterocycles. The third-order valence-electron chi connectivity index (χ3n) is 2.45. The van der Waals surface area contributed by atoms with Crippen LogP contribution in [0.4, 0.5) is 0 Å². The molecule has 6 heteroatoms. The Balaban J connectivity index is 1.97. The van der Waals surface area contributed by atoms with E-state index in [1.807, 2.05) is 0 Å².